The average molecular weight is 477 g/mol. The lowest BCUT2D eigenvalue weighted by molar-refractivity contribution is -0.384. The SMILES string of the molecule is Cc1ccccc1/C(=N\OC(=O)c1ccccc1)c1ccc2c(c1)C(C)(C)c1cc([N+](=O)[O-])ccc1-2. The van der Waals surface area contributed by atoms with Gasteiger partial charge in [0.15, 0.2) is 0 Å². The standard InChI is InChI=1S/C30H24N2O4/c1-19-9-7-8-12-23(19)28(31-36-29(33)20-10-5-4-6-11-20)21-13-15-24-25-16-14-22(32(34)35)18-27(25)30(2,3)26(24)17-21/h4-18H,1-3H3/b31-28-. The van der Waals surface area contributed by atoms with E-state index in [9.17, 15) is 14.9 Å². The highest BCUT2D eigenvalue weighted by atomic mass is 16.7. The summed E-state index contributed by atoms with van der Waals surface area (Å²) in [7, 11) is 0. The number of oxime groups is 1. The van der Waals surface area contributed by atoms with Crippen molar-refractivity contribution in [3.63, 3.8) is 0 Å². The fraction of sp³-hybridized carbons (Fsp3) is 0.133. The number of benzene rings is 4. The number of carbonyl (C=O) groups is 1. The van der Waals surface area contributed by atoms with Crippen molar-refractivity contribution in [2.75, 3.05) is 0 Å². The van der Waals surface area contributed by atoms with Gasteiger partial charge in [-0.25, -0.2) is 4.79 Å². The molecule has 0 spiro atoms. The van der Waals surface area contributed by atoms with Crippen LogP contribution in [-0.2, 0) is 10.3 Å². The van der Waals surface area contributed by atoms with Crippen LogP contribution >= 0.6 is 0 Å². The van der Waals surface area contributed by atoms with E-state index in [1.165, 1.54) is 0 Å². The molecular formula is C30H24N2O4. The quantitative estimate of drug-likeness (QED) is 0.137. The summed E-state index contributed by atoms with van der Waals surface area (Å²) in [6.45, 7) is 6.10. The van der Waals surface area contributed by atoms with Crippen LogP contribution in [0.1, 0.15) is 52.0 Å². The molecule has 4 aromatic carbocycles. The van der Waals surface area contributed by atoms with E-state index in [0.29, 0.717) is 11.3 Å². The molecule has 0 amide bonds. The van der Waals surface area contributed by atoms with Crippen LogP contribution in [0.3, 0.4) is 0 Å². The van der Waals surface area contributed by atoms with Crippen LogP contribution in [0.25, 0.3) is 11.1 Å². The van der Waals surface area contributed by atoms with Gasteiger partial charge in [-0.3, -0.25) is 10.1 Å². The molecule has 0 saturated heterocycles. The molecule has 6 heteroatoms. The number of aryl methyl sites for hydroxylation is 1. The Morgan fingerprint density at radius 1 is 0.833 bits per heavy atom. The van der Waals surface area contributed by atoms with Crippen molar-refractivity contribution >= 4 is 17.4 Å². The zero-order valence-corrected chi connectivity index (χ0v) is 20.2. The molecule has 0 aliphatic heterocycles. The maximum Gasteiger partial charge on any atom is 0.365 e. The summed E-state index contributed by atoms with van der Waals surface area (Å²) in [5.74, 6) is -0.539. The molecule has 0 fully saturated rings. The number of nitro groups is 1. The van der Waals surface area contributed by atoms with Crippen molar-refractivity contribution in [3.05, 3.63) is 134 Å². The highest BCUT2D eigenvalue weighted by Gasteiger charge is 2.37. The molecule has 0 aromatic heterocycles. The van der Waals surface area contributed by atoms with Gasteiger partial charge in [-0.05, 0) is 59.0 Å². The van der Waals surface area contributed by atoms with Gasteiger partial charge in [-0.15, -0.1) is 0 Å². The minimum absolute atomic E-state index is 0.0739. The highest BCUT2D eigenvalue weighted by molar-refractivity contribution is 6.14. The minimum Gasteiger partial charge on any atom is -0.312 e. The van der Waals surface area contributed by atoms with Crippen LogP contribution in [0.4, 0.5) is 5.69 Å². The minimum atomic E-state index is -0.539. The highest BCUT2D eigenvalue weighted by Crippen LogP contribution is 2.49. The second-order valence-electron chi connectivity index (χ2n) is 9.37. The third kappa shape index (κ3) is 3.96. The summed E-state index contributed by atoms with van der Waals surface area (Å²) < 4.78 is 0. The van der Waals surface area contributed by atoms with Crippen molar-refractivity contribution in [2.45, 2.75) is 26.2 Å². The lowest BCUT2D eigenvalue weighted by atomic mass is 9.81. The zero-order chi connectivity index (χ0) is 25.4. The Morgan fingerprint density at radius 2 is 1.47 bits per heavy atom. The summed E-state index contributed by atoms with van der Waals surface area (Å²) in [5, 5.41) is 15.7. The van der Waals surface area contributed by atoms with Gasteiger partial charge in [0.05, 0.1) is 10.5 Å². The fourth-order valence-electron chi connectivity index (χ4n) is 4.80. The molecule has 1 aliphatic carbocycles. The van der Waals surface area contributed by atoms with E-state index in [1.807, 2.05) is 61.5 Å². The Labute approximate surface area is 209 Å². The van der Waals surface area contributed by atoms with Crippen molar-refractivity contribution in [3.8, 4) is 11.1 Å². The van der Waals surface area contributed by atoms with Gasteiger partial charge in [0.25, 0.3) is 5.69 Å². The molecular weight excluding hydrogens is 452 g/mol. The molecule has 178 valence electrons. The number of nitrogens with zero attached hydrogens (tertiary/aromatic N) is 2. The summed E-state index contributed by atoms with van der Waals surface area (Å²) in [5.41, 5.74) is 7.16. The monoisotopic (exact) mass is 476 g/mol. The van der Waals surface area contributed by atoms with Crippen molar-refractivity contribution in [2.24, 2.45) is 5.16 Å². The van der Waals surface area contributed by atoms with E-state index in [4.69, 9.17) is 4.84 Å². The maximum atomic E-state index is 12.6. The van der Waals surface area contributed by atoms with Crippen LogP contribution in [0.5, 0.6) is 0 Å². The topological polar surface area (TPSA) is 81.8 Å². The Hall–Kier alpha value is -4.58. The van der Waals surface area contributed by atoms with Crippen LogP contribution in [0, 0.1) is 17.0 Å². The van der Waals surface area contributed by atoms with Crippen LogP contribution in [0.2, 0.25) is 0 Å². The molecule has 0 radical (unpaired) electrons. The van der Waals surface area contributed by atoms with Crippen LogP contribution < -0.4 is 0 Å². The van der Waals surface area contributed by atoms with Crippen LogP contribution in [-0.4, -0.2) is 16.6 Å². The molecule has 0 heterocycles. The van der Waals surface area contributed by atoms with Gasteiger partial charge in [0, 0.05) is 28.7 Å². The molecule has 4 aromatic rings. The van der Waals surface area contributed by atoms with E-state index >= 15 is 0 Å². The van der Waals surface area contributed by atoms with Gasteiger partial charge < -0.3 is 4.84 Å². The third-order valence-electron chi connectivity index (χ3n) is 6.77. The second kappa shape index (κ2) is 8.89. The van der Waals surface area contributed by atoms with E-state index in [-0.39, 0.29) is 10.6 Å². The van der Waals surface area contributed by atoms with E-state index in [1.54, 1.807) is 36.4 Å². The normalized spacial score (nSPS) is 13.6. The maximum absolute atomic E-state index is 12.6. The lowest BCUT2D eigenvalue weighted by Crippen LogP contribution is -2.16. The molecule has 5 rings (SSSR count). The van der Waals surface area contributed by atoms with E-state index < -0.39 is 11.4 Å². The molecule has 0 bridgehead atoms. The lowest BCUT2D eigenvalue weighted by Gasteiger charge is -2.22. The fourth-order valence-corrected chi connectivity index (χ4v) is 4.80. The first kappa shape index (κ1) is 23.2. The van der Waals surface area contributed by atoms with Gasteiger partial charge >= 0.3 is 5.97 Å². The number of non-ortho nitro benzene ring substituents is 1. The van der Waals surface area contributed by atoms with Crippen LogP contribution in [0.15, 0.2) is 96.2 Å². The molecule has 36 heavy (non-hydrogen) atoms. The first-order chi connectivity index (χ1) is 17.3. The summed E-state index contributed by atoms with van der Waals surface area (Å²) >= 11 is 0. The Morgan fingerprint density at radius 3 is 2.17 bits per heavy atom. The van der Waals surface area contributed by atoms with Gasteiger partial charge in [-0.2, -0.15) is 0 Å². The number of rotatable bonds is 5. The number of hydrogen-bond acceptors (Lipinski definition) is 5. The predicted octanol–water partition coefficient (Wildman–Crippen LogP) is 6.82. The molecule has 0 saturated carbocycles. The number of hydrogen-bond donors (Lipinski definition) is 0. The summed E-state index contributed by atoms with van der Waals surface area (Å²) in [4.78, 5) is 29.1. The number of carbonyl (C=O) groups excluding carboxylic acids is 1. The Balaban J connectivity index is 1.61. The molecule has 0 N–H and O–H groups in total. The molecule has 0 atom stereocenters. The smallest absolute Gasteiger partial charge is 0.312 e. The van der Waals surface area contributed by atoms with E-state index in [0.717, 1.165) is 38.9 Å². The molecule has 1 aliphatic rings. The largest absolute Gasteiger partial charge is 0.365 e. The van der Waals surface area contributed by atoms with Crippen molar-refractivity contribution < 1.29 is 14.6 Å². The summed E-state index contributed by atoms with van der Waals surface area (Å²) in [6.07, 6.45) is 0. The first-order valence-electron chi connectivity index (χ1n) is 11.6. The average Bonchev–Trinajstić information content (AvgIpc) is 3.11. The number of fused-ring (bicyclic) bond motifs is 3. The molecule has 6 nitrogen and oxygen atoms in total. The van der Waals surface area contributed by atoms with Crippen molar-refractivity contribution in [1.82, 2.24) is 0 Å². The summed E-state index contributed by atoms with van der Waals surface area (Å²) in [6, 6.07) is 27.6. The van der Waals surface area contributed by atoms with Gasteiger partial charge in [-0.1, -0.05) is 73.6 Å². The molecule has 0 unspecified atom stereocenters. The van der Waals surface area contributed by atoms with Crippen molar-refractivity contribution in [1.29, 1.82) is 0 Å². The Kier molecular flexibility index (Phi) is 5.72. The second-order valence-corrected chi connectivity index (χ2v) is 9.37. The van der Waals surface area contributed by atoms with E-state index in [2.05, 4.69) is 19.0 Å². The first-order valence-corrected chi connectivity index (χ1v) is 11.6. The number of nitro benzene ring substituents is 1. The predicted molar refractivity (Wildman–Crippen MR) is 139 cm³/mol. The Bertz CT molecular complexity index is 1540. The third-order valence-corrected chi connectivity index (χ3v) is 6.77. The van der Waals surface area contributed by atoms with Gasteiger partial charge in [0.2, 0.25) is 0 Å². The van der Waals surface area contributed by atoms with Gasteiger partial charge in [0.1, 0.15) is 5.71 Å². The zero-order valence-electron chi connectivity index (χ0n) is 20.2.